The third-order valence-corrected chi connectivity index (χ3v) is 7.22. The van der Waals surface area contributed by atoms with Crippen LogP contribution in [0.2, 0.25) is 0 Å². The summed E-state index contributed by atoms with van der Waals surface area (Å²) in [4.78, 5) is 16.7. The second-order valence-electron chi connectivity index (χ2n) is 10.1. The van der Waals surface area contributed by atoms with Gasteiger partial charge in [0, 0.05) is 30.9 Å². The van der Waals surface area contributed by atoms with Crippen molar-refractivity contribution in [2.75, 3.05) is 26.9 Å². The smallest absolute Gasteiger partial charge is 0.228 e. The van der Waals surface area contributed by atoms with Crippen molar-refractivity contribution in [3.05, 3.63) is 88.4 Å². The average Bonchev–Trinajstić information content (AvgIpc) is 3.71. The number of carbonyl (C=O) groups excluding carboxylic acids is 1. The maximum atomic E-state index is 15.2. The maximum absolute atomic E-state index is 15.2. The predicted octanol–water partition coefficient (Wildman–Crippen LogP) is 5.61. The van der Waals surface area contributed by atoms with E-state index in [1.165, 1.54) is 37.8 Å². The quantitative estimate of drug-likeness (QED) is 0.295. The van der Waals surface area contributed by atoms with Crippen LogP contribution in [0.3, 0.4) is 0 Å². The third-order valence-electron chi connectivity index (χ3n) is 7.22. The Hall–Kier alpha value is -4.08. The molecule has 6 rings (SSSR count). The first kappa shape index (κ1) is 28.4. The minimum Gasteiger partial charge on any atom is -0.488 e. The minimum absolute atomic E-state index is 0.110. The number of nitrogens with zero attached hydrogens (tertiary/aromatic N) is 3. The van der Waals surface area contributed by atoms with Crippen molar-refractivity contribution < 1.29 is 23.4 Å². The second-order valence-corrected chi connectivity index (χ2v) is 10.1. The fraction of sp³-hybridized carbons (Fsp3) is 0.344. The fourth-order valence-electron chi connectivity index (χ4n) is 5.03. The molecule has 2 aliphatic rings. The van der Waals surface area contributed by atoms with Crippen molar-refractivity contribution in [1.82, 2.24) is 20.1 Å². The summed E-state index contributed by atoms with van der Waals surface area (Å²) >= 11 is 0. The van der Waals surface area contributed by atoms with E-state index in [9.17, 15) is 4.79 Å². The van der Waals surface area contributed by atoms with Crippen LogP contribution in [0.25, 0.3) is 17.1 Å². The lowest BCUT2D eigenvalue weighted by Crippen LogP contribution is -2.25. The molecular formula is C32H35FN4O4. The van der Waals surface area contributed by atoms with Gasteiger partial charge in [-0.1, -0.05) is 30.3 Å². The van der Waals surface area contributed by atoms with Gasteiger partial charge in [0.25, 0.3) is 0 Å². The number of methoxy groups -OCH3 is 1. The van der Waals surface area contributed by atoms with E-state index < -0.39 is 0 Å². The van der Waals surface area contributed by atoms with Crippen LogP contribution in [0.4, 0.5) is 4.39 Å². The molecule has 4 heterocycles. The Morgan fingerprint density at radius 1 is 1.12 bits per heavy atom. The Morgan fingerprint density at radius 2 is 1.93 bits per heavy atom. The highest BCUT2D eigenvalue weighted by Gasteiger charge is 2.20. The molecule has 0 amide bonds. The molecule has 8 nitrogen and oxygen atoms in total. The van der Waals surface area contributed by atoms with Gasteiger partial charge < -0.3 is 19.5 Å². The molecule has 214 valence electrons. The molecular weight excluding hydrogens is 523 g/mol. The number of hydrogen-bond donors (Lipinski definition) is 1. The minimum atomic E-state index is -0.184. The van der Waals surface area contributed by atoms with Gasteiger partial charge in [-0.15, -0.1) is 0 Å². The number of carbonyl (C=O) groups is 1. The molecule has 0 saturated carbocycles. The monoisotopic (exact) mass is 558 g/mol. The van der Waals surface area contributed by atoms with Crippen molar-refractivity contribution in [2.45, 2.75) is 46.3 Å². The number of pyridine rings is 1. The lowest BCUT2D eigenvalue weighted by atomic mass is 9.97. The number of benzene rings is 2. The molecule has 0 spiro atoms. The Morgan fingerprint density at radius 3 is 2.66 bits per heavy atom. The van der Waals surface area contributed by atoms with Gasteiger partial charge in [0.05, 0.1) is 24.6 Å². The number of hydrogen-bond acceptors (Lipinski definition) is 7. The van der Waals surface area contributed by atoms with E-state index in [0.29, 0.717) is 47.2 Å². The van der Waals surface area contributed by atoms with E-state index in [2.05, 4.69) is 10.4 Å². The van der Waals surface area contributed by atoms with Crippen LogP contribution in [-0.2, 0) is 24.3 Å². The first-order chi connectivity index (χ1) is 20.0. The summed E-state index contributed by atoms with van der Waals surface area (Å²) in [6.45, 7) is 6.98. The first-order valence-corrected chi connectivity index (χ1v) is 13.9. The normalized spacial score (nSPS) is 14.1. The zero-order valence-corrected chi connectivity index (χ0v) is 23.7. The highest BCUT2D eigenvalue weighted by molar-refractivity contribution is 5.96. The number of nitrogens with one attached hydrogen (secondary N) is 1. The molecule has 0 unspecified atom stereocenters. The van der Waals surface area contributed by atoms with E-state index in [-0.39, 0.29) is 18.2 Å². The summed E-state index contributed by atoms with van der Waals surface area (Å²) in [5.74, 6) is 1.13. The van der Waals surface area contributed by atoms with E-state index in [1.54, 1.807) is 12.1 Å². The van der Waals surface area contributed by atoms with Crippen LogP contribution < -0.4 is 14.8 Å². The summed E-state index contributed by atoms with van der Waals surface area (Å²) in [5, 5.41) is 7.58. The predicted molar refractivity (Wildman–Crippen MR) is 154 cm³/mol. The number of Topliss-reactive ketones (excluding diaryl/α,β-unsaturated/α-hetero) is 1. The molecule has 2 aromatic carbocycles. The highest BCUT2D eigenvalue weighted by atomic mass is 19.1. The zero-order valence-electron chi connectivity index (χ0n) is 23.7. The summed E-state index contributed by atoms with van der Waals surface area (Å²) < 4.78 is 33.3. The zero-order chi connectivity index (χ0) is 28.8. The molecule has 0 radical (unpaired) electrons. The molecule has 4 aromatic rings. The molecule has 0 bridgehead atoms. The van der Waals surface area contributed by atoms with Crippen molar-refractivity contribution in [3.63, 3.8) is 0 Å². The van der Waals surface area contributed by atoms with Crippen molar-refractivity contribution in [1.29, 1.82) is 0 Å². The number of aryl methyl sites for hydroxylation is 1. The molecule has 1 fully saturated rings. The Kier molecular flexibility index (Phi) is 9.06. The number of ketones is 1. The van der Waals surface area contributed by atoms with E-state index in [0.717, 1.165) is 42.0 Å². The highest BCUT2D eigenvalue weighted by Crippen LogP contribution is 2.34. The van der Waals surface area contributed by atoms with Crippen LogP contribution in [0.1, 0.15) is 52.4 Å². The van der Waals surface area contributed by atoms with Gasteiger partial charge in [-0.05, 0) is 74.5 Å². The number of halogens is 1. The largest absolute Gasteiger partial charge is 0.488 e. The van der Waals surface area contributed by atoms with Gasteiger partial charge in [-0.25, -0.2) is 9.37 Å². The molecule has 2 aliphatic heterocycles. The molecule has 0 atom stereocenters. The Bertz CT molecular complexity index is 1520. The molecule has 0 aliphatic carbocycles. The van der Waals surface area contributed by atoms with E-state index >= 15 is 4.39 Å². The average molecular weight is 559 g/mol. The molecule has 1 N–H and O–H groups in total. The van der Waals surface area contributed by atoms with E-state index in [1.807, 2.05) is 43.3 Å². The van der Waals surface area contributed by atoms with Crippen molar-refractivity contribution in [2.24, 2.45) is 0 Å². The SMILES string of the molecule is C1CCOC1.COc1c(C(C)=O)cnn1-c1cccc(-c2cccc(C)c2OCc2ccc3c(c2F)CCNC3)n1. The number of ether oxygens (including phenoxy) is 3. The van der Waals surface area contributed by atoms with Crippen molar-refractivity contribution >= 4 is 5.78 Å². The van der Waals surface area contributed by atoms with Crippen LogP contribution >= 0.6 is 0 Å². The maximum Gasteiger partial charge on any atom is 0.228 e. The van der Waals surface area contributed by atoms with Gasteiger partial charge in [-0.2, -0.15) is 9.78 Å². The van der Waals surface area contributed by atoms with Crippen LogP contribution in [0.5, 0.6) is 11.6 Å². The van der Waals surface area contributed by atoms with Crippen molar-refractivity contribution in [3.8, 4) is 28.7 Å². The number of fused-ring (bicyclic) bond motifs is 1. The van der Waals surface area contributed by atoms with Gasteiger partial charge in [0.2, 0.25) is 5.88 Å². The van der Waals surface area contributed by atoms with Gasteiger partial charge >= 0.3 is 0 Å². The third kappa shape index (κ3) is 6.31. The van der Waals surface area contributed by atoms with Crippen LogP contribution in [-0.4, -0.2) is 47.4 Å². The van der Waals surface area contributed by atoms with Gasteiger partial charge in [-0.3, -0.25) is 4.79 Å². The van der Waals surface area contributed by atoms with E-state index in [4.69, 9.17) is 19.2 Å². The first-order valence-electron chi connectivity index (χ1n) is 13.9. The summed E-state index contributed by atoms with van der Waals surface area (Å²) in [6, 6.07) is 15.1. The number of rotatable bonds is 7. The summed E-state index contributed by atoms with van der Waals surface area (Å²) in [7, 11) is 1.49. The summed E-state index contributed by atoms with van der Waals surface area (Å²) in [5.41, 5.74) is 5.03. The van der Waals surface area contributed by atoms with Crippen LogP contribution in [0.15, 0.2) is 54.7 Å². The van der Waals surface area contributed by atoms with Gasteiger partial charge in [0.1, 0.15) is 18.2 Å². The number of para-hydroxylation sites is 1. The standard InChI is InChI=1S/C28H27FN4O3.C4H8O/c1-17-6-4-7-22(27(17)36-16-20-11-10-19-14-30-13-12-21(19)26(20)29)24-8-5-9-25(32-24)33-28(35-3)23(15-31-33)18(2)34;1-2-4-5-3-1/h4-11,15,30H,12-14,16H2,1-3H3;1-4H2. The lowest BCUT2D eigenvalue weighted by molar-refractivity contribution is 0.101. The number of aromatic nitrogens is 3. The Balaban J connectivity index is 0.000000610. The summed E-state index contributed by atoms with van der Waals surface area (Å²) in [6.07, 6.45) is 4.70. The van der Waals surface area contributed by atoms with Gasteiger partial charge in [0.15, 0.2) is 11.6 Å². The fourth-order valence-corrected chi connectivity index (χ4v) is 5.03. The Labute approximate surface area is 239 Å². The lowest BCUT2D eigenvalue weighted by Gasteiger charge is -2.20. The topological polar surface area (TPSA) is 87.5 Å². The molecule has 2 aromatic heterocycles. The second kappa shape index (κ2) is 13.1. The molecule has 1 saturated heterocycles. The molecule has 41 heavy (non-hydrogen) atoms. The molecule has 9 heteroatoms. The van der Waals surface area contributed by atoms with Crippen LogP contribution in [0, 0.1) is 12.7 Å².